The summed E-state index contributed by atoms with van der Waals surface area (Å²) < 4.78 is 221. The van der Waals surface area contributed by atoms with E-state index in [9.17, 15) is 19.2 Å². The van der Waals surface area contributed by atoms with Crippen molar-refractivity contribution in [1.82, 2.24) is 0 Å². The Hall–Kier alpha value is -5.41. The van der Waals surface area contributed by atoms with E-state index in [0.29, 0.717) is 32.3 Å². The molecule has 0 radical (unpaired) electrons. The van der Waals surface area contributed by atoms with Gasteiger partial charge in [0.1, 0.15) is 0 Å². The molecule has 0 saturated heterocycles. The number of nitrogens with two attached hydrogens (primary N) is 4. The van der Waals surface area contributed by atoms with Crippen LogP contribution in [0.15, 0.2) is 76.8 Å². The second-order valence-corrected chi connectivity index (χ2v) is 19.0. The molecule has 0 saturated carbocycles. The minimum atomic E-state index is -3.32. The van der Waals surface area contributed by atoms with E-state index in [1.165, 1.54) is 6.92 Å². The normalized spacial score (nSPS) is 37.1. The number of rotatable bonds is 4. The van der Waals surface area contributed by atoms with Crippen molar-refractivity contribution in [3.63, 3.8) is 0 Å². The molecule has 11 heteroatoms. The van der Waals surface area contributed by atoms with Crippen molar-refractivity contribution >= 4 is 80.7 Å². The van der Waals surface area contributed by atoms with Crippen LogP contribution in [0, 0.1) is 51.3 Å². The number of carbonyl (C=O) groups excluding carboxylic acids is 4. The second kappa shape index (κ2) is 20.6. The van der Waals surface area contributed by atoms with Gasteiger partial charge in [-0.3, -0.25) is 19.2 Å². The highest BCUT2D eigenvalue weighted by Gasteiger charge is 2.37. The SMILES string of the molecule is [2H]C1([2H])C2=C(Cc3c(C)cc(Cl)cc32)C(C(N)=O)C([2H])([2H])C1([2H])[2H].[2H]C1([2H])C2=C(Cc3cc(C)c(Cl)cc32)C(C(N)=O)C([2H])([2H])C1([2H])[2H].[2H]C1([2H])C2=C(Cc3ccc(C)cc32)C(C(N)=O)C([2H])([2H])C1([2H])[2H].[2H]c1c(C)c(Cl)c([2H])c2c1CC1=C2C([2H])([2H])C([2H])([2H])C([2H])([2H])C1([2H])C(N)=O. The molecule has 12 rings (SSSR count). The van der Waals surface area contributed by atoms with E-state index in [4.69, 9.17) is 94.7 Å². The van der Waals surface area contributed by atoms with E-state index in [-0.39, 0.29) is 98.5 Å². The van der Waals surface area contributed by atoms with Crippen LogP contribution < -0.4 is 22.9 Å². The number of aryl methyl sites for hydroxylation is 3. The first-order valence-electron chi connectivity index (χ1n) is 35.8. The number of hydrogen-bond acceptors (Lipinski definition) is 4. The number of benzene rings is 4. The summed E-state index contributed by atoms with van der Waals surface area (Å²) >= 11 is 18.3. The zero-order chi connectivity index (χ0) is 74.8. The topological polar surface area (TPSA) is 172 Å². The van der Waals surface area contributed by atoms with Crippen molar-refractivity contribution in [2.24, 2.45) is 46.6 Å². The lowest BCUT2D eigenvalue weighted by atomic mass is 9.82. The number of primary amides is 4. The summed E-state index contributed by atoms with van der Waals surface area (Å²) in [6.45, 7) is 6.92. The molecule has 0 bridgehead atoms. The molecule has 8 aliphatic rings. The van der Waals surface area contributed by atoms with Gasteiger partial charge in [-0.2, -0.15) is 0 Å². The third-order valence-electron chi connectivity index (χ3n) is 13.1. The van der Waals surface area contributed by atoms with Gasteiger partial charge in [0.15, 0.2) is 0 Å². The lowest BCUT2D eigenvalue weighted by Crippen LogP contribution is -2.27. The number of carbonyl (C=O) groups is 4. The Labute approximate surface area is 471 Å². The maximum Gasteiger partial charge on any atom is 0.224 e. The third kappa shape index (κ3) is 9.93. The molecule has 8 nitrogen and oxygen atoms in total. The molecule has 0 fully saturated rings. The third-order valence-corrected chi connectivity index (χ3v) is 14.1. The Morgan fingerprint density at radius 2 is 1.01 bits per heavy atom. The fourth-order valence-electron chi connectivity index (χ4n) is 9.68. The number of allylic oxidation sites excluding steroid dienone is 4. The van der Waals surface area contributed by atoms with Crippen LogP contribution in [-0.4, -0.2) is 23.6 Å². The standard InChI is InChI=1S/3C15H16ClNO.C15H17NO/c2*1-8-5-9-6-13-10(12(9)7-14(8)16)3-2-4-11(13)15(17)18;1-8-5-9(16)6-13-10-3-2-4-11(15(17)18)14(10)7-12(8)13;1-9-5-6-10-8-14-11(13(10)7-9)3-2-4-12(14)15(16)17/h2*5,7,11H,2-4,6H2,1H3,(H2,17,18);5-6,11H,2-4,7H2,1H3,(H2,17,18);5-7,12H,2-4,8H2,1H3,(H2,16,17)/i2D2,3D2,4D2,5D,7D,11D;3*2D2,3D2,4D2. The number of hydrogen-bond donors (Lipinski definition) is 4. The van der Waals surface area contributed by atoms with Gasteiger partial charge in [0, 0.05) is 49.3 Å². The summed E-state index contributed by atoms with van der Waals surface area (Å²) in [6.07, 6.45) is -34.2. The van der Waals surface area contributed by atoms with Crippen molar-refractivity contribution in [3.8, 4) is 0 Å². The molecule has 0 spiro atoms. The van der Waals surface area contributed by atoms with Gasteiger partial charge in [0.05, 0.1) is 26.4 Å². The minimum absolute atomic E-state index is 0.00308. The first-order chi connectivity index (χ1) is 44.2. The fourth-order valence-corrected chi connectivity index (χ4v) is 10.3. The van der Waals surface area contributed by atoms with E-state index in [1.54, 1.807) is 44.2 Å². The lowest BCUT2D eigenvalue weighted by molar-refractivity contribution is -0.121. The Bertz CT molecular complexity index is 4390. The van der Waals surface area contributed by atoms with Gasteiger partial charge < -0.3 is 22.9 Å². The molecule has 8 N–H and O–H groups in total. The quantitative estimate of drug-likeness (QED) is 0.159. The van der Waals surface area contributed by atoms with Crippen LogP contribution in [0.3, 0.4) is 0 Å². The van der Waals surface area contributed by atoms with Crippen molar-refractivity contribution in [2.75, 3.05) is 0 Å². The van der Waals surface area contributed by atoms with E-state index < -0.39 is 129 Å². The predicted molar refractivity (Wildman–Crippen MR) is 288 cm³/mol. The van der Waals surface area contributed by atoms with Gasteiger partial charge >= 0.3 is 0 Å². The first-order valence-corrected chi connectivity index (χ1v) is 23.4. The van der Waals surface area contributed by atoms with Crippen LogP contribution in [0.2, 0.25) is 15.1 Å². The minimum Gasteiger partial charge on any atom is -0.369 e. The van der Waals surface area contributed by atoms with E-state index in [0.717, 1.165) is 27.8 Å². The summed E-state index contributed by atoms with van der Waals surface area (Å²) in [4.78, 5) is 47.9. The average molecular weight is 1040 g/mol. The number of amides is 4. The second-order valence-electron chi connectivity index (χ2n) is 17.8. The molecule has 0 aromatic heterocycles. The summed E-state index contributed by atoms with van der Waals surface area (Å²) in [7, 11) is 0. The van der Waals surface area contributed by atoms with Crippen LogP contribution in [0.25, 0.3) is 22.3 Å². The molecule has 4 unspecified atom stereocenters. The van der Waals surface area contributed by atoms with Crippen LogP contribution >= 0.6 is 34.8 Å². The van der Waals surface area contributed by atoms with Crippen LogP contribution in [0.5, 0.6) is 0 Å². The molecule has 71 heavy (non-hydrogen) atoms. The molecule has 4 atom stereocenters. The summed E-state index contributed by atoms with van der Waals surface area (Å²) in [5, 5.41) is 0.663. The zero-order valence-electron chi connectivity index (χ0n) is 65.7. The van der Waals surface area contributed by atoms with Gasteiger partial charge in [0.25, 0.3) is 0 Å². The first kappa shape index (κ1) is 27.0. The Morgan fingerprint density at radius 1 is 0.507 bits per heavy atom. The number of halogens is 3. The molecule has 4 aromatic rings. The monoisotopic (exact) mass is 1040 g/mol. The Kier molecular flexibility index (Phi) is 7.85. The lowest BCUT2D eigenvalue weighted by Gasteiger charge is -2.22. The molecule has 0 heterocycles. The molecule has 8 aliphatic carbocycles. The highest BCUT2D eigenvalue weighted by molar-refractivity contribution is 6.32. The maximum absolute atomic E-state index is 12.1. The van der Waals surface area contributed by atoms with Crippen LogP contribution in [0.4, 0.5) is 0 Å². The van der Waals surface area contributed by atoms with Gasteiger partial charge in [-0.15, -0.1) is 0 Å². The van der Waals surface area contributed by atoms with Gasteiger partial charge in [-0.05, 0) is 260 Å². The summed E-state index contributed by atoms with van der Waals surface area (Å²) in [5.41, 5.74) is 27.6. The largest absolute Gasteiger partial charge is 0.369 e. The van der Waals surface area contributed by atoms with Crippen molar-refractivity contribution < 1.29 is 56.2 Å². The zero-order valence-corrected chi connectivity index (χ0v) is 40.9. The van der Waals surface area contributed by atoms with E-state index >= 15 is 0 Å². The molecular formula is C60H65Cl3N4O4. The van der Waals surface area contributed by atoms with E-state index in [1.807, 2.05) is 19.1 Å². The fraction of sp³-hybridized carbons (Fsp3) is 0.400. The van der Waals surface area contributed by atoms with Crippen molar-refractivity contribution in [3.05, 3.63) is 159 Å². The summed E-state index contributed by atoms with van der Waals surface area (Å²) in [6, 6.07) is 11.5. The molecule has 370 valence electrons. The van der Waals surface area contributed by atoms with Crippen LogP contribution in [0.1, 0.15) is 180 Å². The molecular weight excluding hydrogens is 947 g/mol. The van der Waals surface area contributed by atoms with Crippen LogP contribution in [-0.2, 0) is 44.9 Å². The maximum atomic E-state index is 12.1. The molecule has 0 aliphatic heterocycles. The van der Waals surface area contributed by atoms with Crippen molar-refractivity contribution in [2.45, 2.75) is 130 Å². The molecule has 4 amide bonds. The average Bonchev–Trinajstić information content (AvgIpc) is 1.15. The Balaban J connectivity index is 0.000000153. The van der Waals surface area contributed by atoms with Gasteiger partial charge in [-0.25, -0.2) is 0 Å². The van der Waals surface area contributed by atoms with Crippen molar-refractivity contribution in [1.29, 1.82) is 0 Å². The summed E-state index contributed by atoms with van der Waals surface area (Å²) in [5.74, 6) is -11.9. The predicted octanol–water partition coefficient (Wildman–Crippen LogP) is 12.3. The van der Waals surface area contributed by atoms with E-state index in [2.05, 4.69) is 0 Å². The smallest absolute Gasteiger partial charge is 0.224 e. The highest BCUT2D eigenvalue weighted by atomic mass is 35.5. The Morgan fingerprint density at radius 3 is 1.59 bits per heavy atom. The highest BCUT2D eigenvalue weighted by Crippen LogP contribution is 2.49. The molecule has 4 aromatic carbocycles. The van der Waals surface area contributed by atoms with Gasteiger partial charge in [-0.1, -0.05) is 70.7 Å². The number of fused-ring (bicyclic) bond motifs is 8. The van der Waals surface area contributed by atoms with Gasteiger partial charge in [0.2, 0.25) is 23.6 Å².